The van der Waals surface area contributed by atoms with Crippen molar-refractivity contribution in [2.75, 3.05) is 0 Å². The molecule has 2 aliphatic rings. The van der Waals surface area contributed by atoms with Crippen LogP contribution in [0.3, 0.4) is 0 Å². The molecule has 2 aromatic heterocycles. The van der Waals surface area contributed by atoms with Crippen LogP contribution >= 0.6 is 0 Å². The zero-order chi connectivity index (χ0) is 32.3. The number of rotatable bonds is 6. The van der Waals surface area contributed by atoms with Crippen LogP contribution in [-0.2, 0) is 22.9 Å². The zero-order valence-electron chi connectivity index (χ0n) is 26.6. The summed E-state index contributed by atoms with van der Waals surface area (Å²) in [7, 11) is 0. The van der Waals surface area contributed by atoms with Gasteiger partial charge in [0.05, 0.1) is 0 Å². The molecule has 3 heteroatoms. The third-order valence-electron chi connectivity index (χ3n) is 10.1. The minimum atomic E-state index is -1.66. The molecule has 0 bridgehead atoms. The summed E-state index contributed by atoms with van der Waals surface area (Å²) in [5.74, 6) is 3.77. The van der Waals surface area contributed by atoms with Crippen molar-refractivity contribution in [1.82, 2.24) is 0 Å². The first kappa shape index (κ1) is 28.7. The number of hydrogen-bond acceptors (Lipinski definition) is 2. The maximum atomic E-state index is 6.71. The molecule has 230 valence electrons. The standard InChI is InChI=1S/2C23H15O.Hf/c2*1-2-7-17(8-3-1)22-12-13-23(24-22)19-14-18-11-10-16-6-4-5-9-20(16)21(18)15-19;/h2*1-15H;. The second-order valence-electron chi connectivity index (χ2n) is 12.9. The average molecular weight is 793 g/mol. The van der Waals surface area contributed by atoms with Crippen LogP contribution in [0.2, 0.25) is 0 Å². The fourth-order valence-corrected chi connectivity index (χ4v) is 14.9. The van der Waals surface area contributed by atoms with Crippen LogP contribution in [0.5, 0.6) is 0 Å². The van der Waals surface area contributed by atoms with Crippen molar-refractivity contribution in [3.8, 4) is 22.6 Å². The summed E-state index contributed by atoms with van der Waals surface area (Å²) < 4.78 is 14.1. The summed E-state index contributed by atoms with van der Waals surface area (Å²) in [5, 5.41) is 5.17. The third-order valence-corrected chi connectivity index (χ3v) is 16.9. The number of benzene rings is 6. The first-order valence-corrected chi connectivity index (χ1v) is 21.0. The first-order chi connectivity index (χ1) is 24.3. The molecule has 8 aromatic rings. The SMILES string of the molecule is C1=C(c2ccc(-c3ccccc3)o2)[CH]([Hf][CH]2C(c3ccc(-c4ccccc4)o3)=Cc3c2ccc2ccccc32)c2ccc3ccccc3c21. The molecule has 2 atom stereocenters. The Hall–Kier alpha value is -5.25. The van der Waals surface area contributed by atoms with Crippen molar-refractivity contribution in [1.29, 1.82) is 0 Å². The molecule has 6 aromatic carbocycles. The Kier molecular flexibility index (Phi) is 6.87. The van der Waals surface area contributed by atoms with Crippen molar-refractivity contribution in [3.05, 3.63) is 191 Å². The van der Waals surface area contributed by atoms with E-state index in [9.17, 15) is 0 Å². The van der Waals surface area contributed by atoms with Crippen molar-refractivity contribution < 1.29 is 31.7 Å². The number of fused-ring (bicyclic) bond motifs is 6. The van der Waals surface area contributed by atoms with Gasteiger partial charge in [-0.3, -0.25) is 0 Å². The molecule has 0 spiro atoms. The van der Waals surface area contributed by atoms with Gasteiger partial charge in [-0.1, -0.05) is 0 Å². The molecule has 0 aliphatic heterocycles. The molecular weight excluding hydrogens is 763 g/mol. The van der Waals surface area contributed by atoms with E-state index in [1.54, 1.807) is 0 Å². The summed E-state index contributed by atoms with van der Waals surface area (Å²) in [6.07, 6.45) is 4.87. The molecule has 2 nitrogen and oxygen atoms in total. The molecular formula is C46H30HfO2. The summed E-state index contributed by atoms with van der Waals surface area (Å²) in [6.45, 7) is 0. The summed E-state index contributed by atoms with van der Waals surface area (Å²) in [6, 6.07) is 56.4. The van der Waals surface area contributed by atoms with Crippen LogP contribution in [0.1, 0.15) is 41.1 Å². The van der Waals surface area contributed by atoms with Gasteiger partial charge in [0.1, 0.15) is 0 Å². The third kappa shape index (κ3) is 4.87. The van der Waals surface area contributed by atoms with E-state index in [1.807, 2.05) is 12.1 Å². The summed E-state index contributed by atoms with van der Waals surface area (Å²) >= 11 is -1.66. The number of allylic oxidation sites excluding steroid dienone is 2. The topological polar surface area (TPSA) is 26.3 Å². The van der Waals surface area contributed by atoms with Crippen molar-refractivity contribution >= 4 is 44.8 Å². The van der Waals surface area contributed by atoms with E-state index in [0.717, 1.165) is 34.2 Å². The predicted octanol–water partition coefficient (Wildman–Crippen LogP) is 12.5. The van der Waals surface area contributed by atoms with E-state index < -0.39 is 22.9 Å². The number of hydrogen-bond donors (Lipinski definition) is 0. The van der Waals surface area contributed by atoms with Crippen LogP contribution in [-0.4, -0.2) is 0 Å². The van der Waals surface area contributed by atoms with E-state index in [0.29, 0.717) is 7.35 Å². The van der Waals surface area contributed by atoms with Crippen LogP contribution in [0.15, 0.2) is 167 Å². The van der Waals surface area contributed by atoms with Gasteiger partial charge in [0, 0.05) is 0 Å². The Balaban J connectivity index is 1.12. The van der Waals surface area contributed by atoms with Gasteiger partial charge in [0.15, 0.2) is 0 Å². The van der Waals surface area contributed by atoms with Gasteiger partial charge >= 0.3 is 298 Å². The van der Waals surface area contributed by atoms with Crippen LogP contribution in [0.4, 0.5) is 0 Å². The molecule has 0 N–H and O–H groups in total. The first-order valence-electron chi connectivity index (χ1n) is 16.8. The minimum absolute atomic E-state index is 0.323. The molecule has 0 saturated heterocycles. The normalized spacial score (nSPS) is 16.4. The van der Waals surface area contributed by atoms with Gasteiger partial charge in [-0.25, -0.2) is 0 Å². The van der Waals surface area contributed by atoms with Crippen molar-refractivity contribution in [3.63, 3.8) is 0 Å². The Morgan fingerprint density at radius 1 is 0.367 bits per heavy atom. The quantitative estimate of drug-likeness (QED) is 0.157. The Morgan fingerprint density at radius 2 is 0.776 bits per heavy atom. The van der Waals surface area contributed by atoms with Gasteiger partial charge in [-0.05, 0) is 0 Å². The van der Waals surface area contributed by atoms with E-state index in [4.69, 9.17) is 8.83 Å². The number of furan rings is 2. The monoisotopic (exact) mass is 794 g/mol. The fourth-order valence-electron chi connectivity index (χ4n) is 7.72. The van der Waals surface area contributed by atoms with Crippen LogP contribution in [0, 0.1) is 0 Å². The molecule has 49 heavy (non-hydrogen) atoms. The summed E-state index contributed by atoms with van der Waals surface area (Å²) in [4.78, 5) is 0. The van der Waals surface area contributed by atoms with Crippen LogP contribution in [0.25, 0.3) is 67.5 Å². The predicted molar refractivity (Wildman–Crippen MR) is 197 cm³/mol. The Bertz CT molecular complexity index is 2400. The molecule has 2 heterocycles. The zero-order valence-corrected chi connectivity index (χ0v) is 30.2. The average Bonchev–Trinajstić information content (AvgIpc) is 3.98. The molecule has 0 fully saturated rings. The van der Waals surface area contributed by atoms with Gasteiger partial charge in [-0.2, -0.15) is 0 Å². The van der Waals surface area contributed by atoms with E-state index in [1.165, 1.54) is 54.9 Å². The Labute approximate surface area is 296 Å². The van der Waals surface area contributed by atoms with Gasteiger partial charge in [-0.15, -0.1) is 0 Å². The molecule has 2 aliphatic carbocycles. The Morgan fingerprint density at radius 3 is 1.24 bits per heavy atom. The second kappa shape index (κ2) is 11.7. The van der Waals surface area contributed by atoms with Crippen molar-refractivity contribution in [2.45, 2.75) is 7.35 Å². The van der Waals surface area contributed by atoms with E-state index >= 15 is 0 Å². The van der Waals surface area contributed by atoms with Gasteiger partial charge < -0.3 is 0 Å². The van der Waals surface area contributed by atoms with Crippen molar-refractivity contribution in [2.24, 2.45) is 0 Å². The molecule has 0 saturated carbocycles. The fraction of sp³-hybridized carbons (Fsp3) is 0.0435. The van der Waals surface area contributed by atoms with E-state index in [2.05, 4.69) is 158 Å². The van der Waals surface area contributed by atoms with Gasteiger partial charge in [0.25, 0.3) is 0 Å². The second-order valence-corrected chi connectivity index (χ2v) is 18.2. The molecule has 0 amide bonds. The van der Waals surface area contributed by atoms with Gasteiger partial charge in [0.2, 0.25) is 0 Å². The molecule has 0 radical (unpaired) electrons. The molecule has 10 rings (SSSR count). The summed E-state index contributed by atoms with van der Waals surface area (Å²) in [5.41, 5.74) is 10.4. The molecule has 2 unspecified atom stereocenters. The van der Waals surface area contributed by atoms with Crippen LogP contribution < -0.4 is 0 Å². The van der Waals surface area contributed by atoms with E-state index in [-0.39, 0.29) is 0 Å². The maximum absolute atomic E-state index is 6.71.